The van der Waals surface area contributed by atoms with Gasteiger partial charge in [-0.25, -0.2) is 0 Å². The number of thioether (sulfide) groups is 1. The first-order chi connectivity index (χ1) is 12.8. The molecule has 0 amide bonds. The van der Waals surface area contributed by atoms with Crippen LogP contribution in [0.3, 0.4) is 0 Å². The van der Waals surface area contributed by atoms with Crippen molar-refractivity contribution in [1.29, 1.82) is 0 Å². The lowest BCUT2D eigenvalue weighted by molar-refractivity contribution is 0.342. The Morgan fingerprint density at radius 2 is 1.96 bits per heavy atom. The molecular formula is C19H21N3O2S2. The Hall–Kier alpha value is -1.99. The molecule has 1 aromatic carbocycles. The number of hydrogen-bond acceptors (Lipinski definition) is 6. The van der Waals surface area contributed by atoms with Crippen molar-refractivity contribution in [1.82, 2.24) is 14.8 Å². The molecule has 0 spiro atoms. The predicted octanol–water partition coefficient (Wildman–Crippen LogP) is 4.45. The van der Waals surface area contributed by atoms with Crippen LogP contribution in [0.25, 0.3) is 0 Å². The summed E-state index contributed by atoms with van der Waals surface area (Å²) in [5.74, 6) is 3.61. The van der Waals surface area contributed by atoms with Crippen molar-refractivity contribution in [3.05, 3.63) is 52.5 Å². The van der Waals surface area contributed by atoms with E-state index in [0.717, 1.165) is 34.7 Å². The van der Waals surface area contributed by atoms with Crippen LogP contribution in [-0.4, -0.2) is 34.2 Å². The van der Waals surface area contributed by atoms with E-state index >= 15 is 0 Å². The van der Waals surface area contributed by atoms with Crippen LogP contribution in [0.2, 0.25) is 0 Å². The number of ether oxygens (including phenoxy) is 2. The molecule has 5 nitrogen and oxygen atoms in total. The Morgan fingerprint density at radius 1 is 1.15 bits per heavy atom. The predicted molar refractivity (Wildman–Crippen MR) is 105 cm³/mol. The molecule has 136 valence electrons. The lowest BCUT2D eigenvalue weighted by Gasteiger charge is -2.09. The van der Waals surface area contributed by atoms with Gasteiger partial charge in [0, 0.05) is 23.1 Å². The third-order valence-corrected chi connectivity index (χ3v) is 5.99. The van der Waals surface area contributed by atoms with Crippen LogP contribution in [0.5, 0.6) is 11.5 Å². The molecule has 0 radical (unpaired) electrons. The van der Waals surface area contributed by atoms with Gasteiger partial charge in [0.25, 0.3) is 0 Å². The number of aromatic nitrogens is 3. The number of rotatable bonds is 9. The third kappa shape index (κ3) is 4.22. The molecule has 26 heavy (non-hydrogen) atoms. The smallest absolute Gasteiger partial charge is 0.191 e. The molecule has 1 aliphatic carbocycles. The molecule has 1 saturated carbocycles. The molecule has 3 aromatic rings. The standard InChI is InChI=1S/C19H21N3O2S2/c1-23-15-6-8-16(9-7-15)24-10-12-26-19-21-20-18(22(19)14-4-5-14)13-17-3-2-11-25-17/h2-3,6-9,11,14H,4-5,10,12-13H2,1H3. The maximum absolute atomic E-state index is 5.80. The molecule has 0 aliphatic heterocycles. The summed E-state index contributed by atoms with van der Waals surface area (Å²) in [6, 6.07) is 12.5. The second kappa shape index (κ2) is 8.14. The van der Waals surface area contributed by atoms with Gasteiger partial charge < -0.3 is 14.0 Å². The maximum Gasteiger partial charge on any atom is 0.191 e. The average molecular weight is 388 g/mol. The molecule has 0 N–H and O–H groups in total. The zero-order chi connectivity index (χ0) is 17.8. The van der Waals surface area contributed by atoms with Crippen LogP contribution in [0.1, 0.15) is 29.6 Å². The van der Waals surface area contributed by atoms with E-state index in [1.54, 1.807) is 30.2 Å². The topological polar surface area (TPSA) is 49.2 Å². The lowest BCUT2D eigenvalue weighted by atomic mass is 10.3. The first-order valence-electron chi connectivity index (χ1n) is 8.69. The Balaban J connectivity index is 1.33. The molecule has 0 unspecified atom stereocenters. The Morgan fingerprint density at radius 3 is 2.65 bits per heavy atom. The van der Waals surface area contributed by atoms with Crippen LogP contribution in [-0.2, 0) is 6.42 Å². The van der Waals surface area contributed by atoms with Crippen molar-refractivity contribution >= 4 is 23.1 Å². The summed E-state index contributed by atoms with van der Waals surface area (Å²) in [6.07, 6.45) is 3.32. The summed E-state index contributed by atoms with van der Waals surface area (Å²) < 4.78 is 13.3. The summed E-state index contributed by atoms with van der Waals surface area (Å²) in [7, 11) is 1.66. The molecule has 4 rings (SSSR count). The van der Waals surface area contributed by atoms with Crippen LogP contribution >= 0.6 is 23.1 Å². The van der Waals surface area contributed by atoms with Gasteiger partial charge in [0.05, 0.1) is 13.7 Å². The van der Waals surface area contributed by atoms with Crippen LogP contribution in [0, 0.1) is 0 Å². The second-order valence-corrected chi connectivity index (χ2v) is 8.22. The molecule has 7 heteroatoms. The highest BCUT2D eigenvalue weighted by molar-refractivity contribution is 7.99. The molecule has 2 aromatic heterocycles. The van der Waals surface area contributed by atoms with Crippen molar-refractivity contribution in [2.45, 2.75) is 30.5 Å². The summed E-state index contributed by atoms with van der Waals surface area (Å²) in [6.45, 7) is 0.634. The van der Waals surface area contributed by atoms with Crippen LogP contribution < -0.4 is 9.47 Å². The van der Waals surface area contributed by atoms with E-state index in [1.807, 2.05) is 24.3 Å². The van der Waals surface area contributed by atoms with Gasteiger partial charge in [-0.05, 0) is 48.6 Å². The quantitative estimate of drug-likeness (QED) is 0.401. The Bertz CT molecular complexity index is 827. The normalized spacial score (nSPS) is 13.7. The van der Waals surface area contributed by atoms with E-state index in [1.165, 1.54) is 17.7 Å². The third-order valence-electron chi connectivity index (χ3n) is 4.20. The van der Waals surface area contributed by atoms with Gasteiger partial charge in [0.1, 0.15) is 17.3 Å². The van der Waals surface area contributed by atoms with Gasteiger partial charge >= 0.3 is 0 Å². The fourth-order valence-corrected chi connectivity index (χ4v) is 4.30. The van der Waals surface area contributed by atoms with E-state index in [4.69, 9.17) is 9.47 Å². The fraction of sp³-hybridized carbons (Fsp3) is 0.368. The number of thiophene rings is 1. The van der Waals surface area contributed by atoms with E-state index < -0.39 is 0 Å². The van der Waals surface area contributed by atoms with Gasteiger partial charge in [0.2, 0.25) is 0 Å². The van der Waals surface area contributed by atoms with Crippen molar-refractivity contribution in [3.63, 3.8) is 0 Å². The fourth-order valence-electron chi connectivity index (χ4n) is 2.76. The van der Waals surface area contributed by atoms with Gasteiger partial charge in [-0.1, -0.05) is 17.8 Å². The minimum atomic E-state index is 0.574. The summed E-state index contributed by atoms with van der Waals surface area (Å²) in [4.78, 5) is 1.33. The van der Waals surface area contributed by atoms with E-state index in [-0.39, 0.29) is 0 Å². The summed E-state index contributed by atoms with van der Waals surface area (Å²) in [5, 5.41) is 12.0. The molecule has 0 atom stereocenters. The molecular weight excluding hydrogens is 366 g/mol. The average Bonchev–Trinajstić information content (AvgIpc) is 3.22. The molecule has 1 fully saturated rings. The summed E-state index contributed by atoms with van der Waals surface area (Å²) in [5.41, 5.74) is 0. The first kappa shape index (κ1) is 17.4. The van der Waals surface area contributed by atoms with Crippen LogP contribution in [0.15, 0.2) is 46.9 Å². The summed E-state index contributed by atoms with van der Waals surface area (Å²) >= 11 is 3.49. The largest absolute Gasteiger partial charge is 0.497 e. The minimum absolute atomic E-state index is 0.574. The first-order valence-corrected chi connectivity index (χ1v) is 10.6. The van der Waals surface area contributed by atoms with Gasteiger partial charge in [0.15, 0.2) is 5.16 Å². The molecule has 0 saturated heterocycles. The number of nitrogens with zero attached hydrogens (tertiary/aromatic N) is 3. The lowest BCUT2D eigenvalue weighted by Crippen LogP contribution is -2.05. The number of benzene rings is 1. The molecule has 1 aliphatic rings. The highest BCUT2D eigenvalue weighted by Crippen LogP contribution is 2.39. The van der Waals surface area contributed by atoms with E-state index in [0.29, 0.717) is 12.6 Å². The Kier molecular flexibility index (Phi) is 5.45. The number of hydrogen-bond donors (Lipinski definition) is 0. The minimum Gasteiger partial charge on any atom is -0.497 e. The van der Waals surface area contributed by atoms with Gasteiger partial charge in [-0.15, -0.1) is 21.5 Å². The zero-order valence-corrected chi connectivity index (χ0v) is 16.3. The van der Waals surface area contributed by atoms with Crippen molar-refractivity contribution in [2.75, 3.05) is 19.5 Å². The maximum atomic E-state index is 5.80. The van der Waals surface area contributed by atoms with Crippen molar-refractivity contribution < 1.29 is 9.47 Å². The Labute approximate surface area is 161 Å². The molecule has 2 heterocycles. The van der Waals surface area contributed by atoms with Crippen molar-refractivity contribution in [2.24, 2.45) is 0 Å². The van der Waals surface area contributed by atoms with Crippen molar-refractivity contribution in [3.8, 4) is 11.5 Å². The van der Waals surface area contributed by atoms with Crippen LogP contribution in [0.4, 0.5) is 0 Å². The van der Waals surface area contributed by atoms with E-state index in [2.05, 4.69) is 32.3 Å². The highest BCUT2D eigenvalue weighted by atomic mass is 32.2. The zero-order valence-electron chi connectivity index (χ0n) is 14.6. The van der Waals surface area contributed by atoms with Gasteiger partial charge in [-0.3, -0.25) is 0 Å². The second-order valence-electron chi connectivity index (χ2n) is 6.13. The van der Waals surface area contributed by atoms with E-state index in [9.17, 15) is 0 Å². The monoisotopic (exact) mass is 387 g/mol. The SMILES string of the molecule is COc1ccc(OCCSc2nnc(Cc3cccs3)n2C2CC2)cc1. The molecule has 0 bridgehead atoms. The van der Waals surface area contributed by atoms with Gasteiger partial charge in [-0.2, -0.15) is 0 Å². The highest BCUT2D eigenvalue weighted by Gasteiger charge is 2.29. The number of methoxy groups -OCH3 is 1.